The fourth-order valence-corrected chi connectivity index (χ4v) is 9.52. The normalized spacial score (nSPS) is 15.8. The Morgan fingerprint density at radius 1 is 0.723 bits per heavy atom. The van der Waals surface area contributed by atoms with Gasteiger partial charge in [-0.2, -0.15) is 0 Å². The summed E-state index contributed by atoms with van der Waals surface area (Å²) >= 11 is 0. The highest BCUT2D eigenvalue weighted by molar-refractivity contribution is 6.01. The van der Waals surface area contributed by atoms with E-state index in [1.807, 2.05) is 19.1 Å². The van der Waals surface area contributed by atoms with E-state index in [-0.39, 0.29) is 69.8 Å². The van der Waals surface area contributed by atoms with Gasteiger partial charge < -0.3 is 44.5 Å². The van der Waals surface area contributed by atoms with Gasteiger partial charge in [0, 0.05) is 67.0 Å². The molecule has 17 nitrogen and oxygen atoms in total. The molecule has 0 fully saturated rings. The van der Waals surface area contributed by atoms with E-state index in [9.17, 15) is 28.8 Å². The number of esters is 1. The average Bonchev–Trinajstić information content (AvgIpc) is 3.63. The first-order valence-corrected chi connectivity index (χ1v) is 29.0. The van der Waals surface area contributed by atoms with Gasteiger partial charge in [-0.05, 0) is 139 Å². The smallest absolute Gasteiger partial charge is 0.407 e. The molecule has 4 aromatic rings. The number of aryl methyl sites for hydroxylation is 1. The highest BCUT2D eigenvalue weighted by atomic mass is 16.6. The van der Waals surface area contributed by atoms with Gasteiger partial charge in [0.15, 0.2) is 17.3 Å². The Morgan fingerprint density at radius 3 is 1.92 bits per heavy atom. The molecule has 0 aliphatic carbocycles. The molecular weight excluding hydrogens is 1060 g/mol. The third kappa shape index (κ3) is 20.5. The molecule has 1 aliphatic rings. The summed E-state index contributed by atoms with van der Waals surface area (Å²) < 4.78 is 28.7. The molecule has 0 unspecified atom stereocenters. The maximum absolute atomic E-state index is 15.4. The molecule has 17 heteroatoms. The zero-order valence-electron chi connectivity index (χ0n) is 50.5. The molecule has 5 rings (SSSR count). The van der Waals surface area contributed by atoms with Crippen LogP contribution in [0.3, 0.4) is 0 Å². The molecule has 4 aromatic carbocycles. The Morgan fingerprint density at radius 2 is 1.31 bits per heavy atom. The Balaban J connectivity index is 1.59. The van der Waals surface area contributed by atoms with Crippen LogP contribution in [0.4, 0.5) is 9.59 Å². The summed E-state index contributed by atoms with van der Waals surface area (Å²) in [5.41, 5.74) is 3.86. The summed E-state index contributed by atoms with van der Waals surface area (Å²) in [6.45, 7) is 22.1. The van der Waals surface area contributed by atoms with E-state index >= 15 is 9.59 Å². The number of ether oxygens (including phenoxy) is 5. The summed E-state index contributed by atoms with van der Waals surface area (Å²) in [6.07, 6.45) is 1.90. The lowest BCUT2D eigenvalue weighted by Gasteiger charge is -2.32. The van der Waals surface area contributed by atoms with Gasteiger partial charge in [0.2, 0.25) is 11.8 Å². The number of rotatable bonds is 25. The molecule has 0 saturated carbocycles. The van der Waals surface area contributed by atoms with Crippen molar-refractivity contribution in [3.63, 3.8) is 0 Å². The molecule has 0 aromatic heterocycles. The molecule has 4 atom stereocenters. The van der Waals surface area contributed by atoms with Crippen LogP contribution in [0.5, 0.6) is 11.5 Å². The molecule has 0 spiro atoms. The minimum atomic E-state index is -1.33. The fourth-order valence-electron chi connectivity index (χ4n) is 9.52. The molecule has 1 heterocycles. The number of carbonyl (C=O) groups excluding carboxylic acids is 8. The van der Waals surface area contributed by atoms with E-state index in [4.69, 9.17) is 23.7 Å². The number of nitrogens with zero attached hydrogens (tertiary/aromatic N) is 1. The number of likely N-dealkylation sites (N-methyl/N-ethyl adjacent to an activating group) is 1. The summed E-state index contributed by atoms with van der Waals surface area (Å²) in [7, 11) is 1.50. The number of hydrogen-bond acceptors (Lipinski definition) is 13. The van der Waals surface area contributed by atoms with Crippen molar-refractivity contribution in [2.24, 2.45) is 11.8 Å². The van der Waals surface area contributed by atoms with E-state index in [1.165, 1.54) is 17.5 Å². The van der Waals surface area contributed by atoms with E-state index in [1.54, 1.807) is 104 Å². The zero-order valence-corrected chi connectivity index (χ0v) is 50.5. The lowest BCUT2D eigenvalue weighted by molar-refractivity contribution is -0.142. The Bertz CT molecular complexity index is 2920. The number of ketones is 3. The number of Topliss-reactive ketones (excluding diaryl/α,β-unsaturated/α-hetero) is 3. The van der Waals surface area contributed by atoms with E-state index < -0.39 is 83.1 Å². The Labute approximate surface area is 490 Å². The highest BCUT2D eigenvalue weighted by Crippen LogP contribution is 2.41. The predicted molar refractivity (Wildman–Crippen MR) is 319 cm³/mol. The Kier molecular flexibility index (Phi) is 24.7. The summed E-state index contributed by atoms with van der Waals surface area (Å²) in [5.74, 6) is -4.52. The van der Waals surface area contributed by atoms with Crippen LogP contribution in [0.15, 0.2) is 97.1 Å². The number of unbranched alkanes of at least 4 members (excludes halogenated alkanes) is 1. The van der Waals surface area contributed by atoms with Gasteiger partial charge in [0.05, 0.1) is 25.8 Å². The van der Waals surface area contributed by atoms with Crippen molar-refractivity contribution in [2.45, 2.75) is 157 Å². The van der Waals surface area contributed by atoms with Crippen molar-refractivity contribution in [1.82, 2.24) is 20.9 Å². The standard InChI is InChI=1S/C66H86N4O13/c1-13-16-18-44-20-23-46(24-21-44)47-25-27-48(28-26-47)54(71)41-50(19-17-32-67-63(77)82-65(6,7)8)61(75)70(12)59-49-29-31-58(80-34-14-2)52(40-49)51-38-45(22-30-57(51)81-35-33-68-64(78)83-66(9,10)11)39-53(69-60(74)42(4)36-56(59)73)55(72)37-43(5)62(76)79-15-3/h20-31,38,40,42,50,53,59H,5,13-19,32-37,39,41H2,1-4,6-12H3,(H,67,77)(H,68,78)(H,69,74)/t42-,50-,53+,59+/m1/s1. The zero-order chi connectivity index (χ0) is 61.0. The molecule has 448 valence electrons. The van der Waals surface area contributed by atoms with Crippen LogP contribution in [0.25, 0.3) is 22.3 Å². The quantitative estimate of drug-likeness (QED) is 0.0185. The van der Waals surface area contributed by atoms with Crippen LogP contribution in [0, 0.1) is 11.8 Å². The van der Waals surface area contributed by atoms with Crippen molar-refractivity contribution >= 4 is 47.3 Å². The molecule has 3 N–H and O–H groups in total. The number of alkyl carbamates (subject to hydrolysis) is 2. The van der Waals surface area contributed by atoms with E-state index in [0.29, 0.717) is 52.3 Å². The van der Waals surface area contributed by atoms with Gasteiger partial charge in [0.25, 0.3) is 0 Å². The van der Waals surface area contributed by atoms with Crippen molar-refractivity contribution in [1.29, 1.82) is 0 Å². The number of benzene rings is 4. The van der Waals surface area contributed by atoms with Crippen molar-refractivity contribution < 1.29 is 62.0 Å². The van der Waals surface area contributed by atoms with Crippen molar-refractivity contribution in [3.8, 4) is 33.8 Å². The van der Waals surface area contributed by atoms with Gasteiger partial charge in [-0.3, -0.25) is 24.0 Å². The van der Waals surface area contributed by atoms with Crippen molar-refractivity contribution in [3.05, 3.63) is 119 Å². The summed E-state index contributed by atoms with van der Waals surface area (Å²) in [4.78, 5) is 113. The fraction of sp³-hybridized carbons (Fsp3) is 0.485. The first-order chi connectivity index (χ1) is 39.3. The molecule has 0 radical (unpaired) electrons. The first kappa shape index (κ1) is 66.0. The number of hydrogen-bond donors (Lipinski definition) is 3. The molecule has 4 bridgehead atoms. The van der Waals surface area contributed by atoms with Crippen LogP contribution in [0.2, 0.25) is 0 Å². The second-order valence-electron chi connectivity index (χ2n) is 23.1. The van der Waals surface area contributed by atoms with Crippen LogP contribution in [-0.4, -0.2) is 109 Å². The summed E-state index contributed by atoms with van der Waals surface area (Å²) in [5, 5.41) is 8.30. The van der Waals surface area contributed by atoms with E-state index in [0.717, 1.165) is 30.4 Å². The lowest BCUT2D eigenvalue weighted by atomic mass is 9.87. The topological polar surface area (TPSA) is 222 Å². The number of carbonyl (C=O) groups is 8. The van der Waals surface area contributed by atoms with Gasteiger partial charge >= 0.3 is 18.2 Å². The molecule has 1 aliphatic heterocycles. The molecule has 4 amide bonds. The maximum Gasteiger partial charge on any atom is 0.407 e. The largest absolute Gasteiger partial charge is 0.493 e. The number of fused-ring (bicyclic) bond motifs is 5. The second-order valence-corrected chi connectivity index (χ2v) is 23.1. The third-order valence-electron chi connectivity index (χ3n) is 13.7. The van der Waals surface area contributed by atoms with Gasteiger partial charge in [0.1, 0.15) is 35.3 Å². The van der Waals surface area contributed by atoms with Crippen LogP contribution < -0.4 is 25.4 Å². The number of nitrogens with one attached hydrogen (secondary N) is 3. The van der Waals surface area contributed by atoms with Crippen LogP contribution >= 0.6 is 0 Å². The predicted octanol–water partition coefficient (Wildman–Crippen LogP) is 11.5. The van der Waals surface area contributed by atoms with Crippen molar-refractivity contribution in [2.75, 3.05) is 40.0 Å². The van der Waals surface area contributed by atoms with Crippen LogP contribution in [-0.2, 0) is 51.0 Å². The minimum Gasteiger partial charge on any atom is -0.493 e. The number of amides is 4. The minimum absolute atomic E-state index is 0.00959. The third-order valence-corrected chi connectivity index (χ3v) is 13.7. The lowest BCUT2D eigenvalue weighted by Crippen LogP contribution is -2.46. The molecule has 0 saturated heterocycles. The van der Waals surface area contributed by atoms with Crippen LogP contribution in [0.1, 0.15) is 154 Å². The molecule has 83 heavy (non-hydrogen) atoms. The maximum atomic E-state index is 15.4. The average molecular weight is 1140 g/mol. The summed E-state index contributed by atoms with van der Waals surface area (Å²) in [6, 6.07) is 23.4. The van der Waals surface area contributed by atoms with Gasteiger partial charge in [-0.15, -0.1) is 0 Å². The first-order valence-electron chi connectivity index (χ1n) is 29.0. The van der Waals surface area contributed by atoms with E-state index in [2.05, 4.69) is 53.7 Å². The monoisotopic (exact) mass is 1140 g/mol. The second kappa shape index (κ2) is 31.0. The van der Waals surface area contributed by atoms with Gasteiger partial charge in [-0.25, -0.2) is 14.4 Å². The SMILES string of the molecule is C=C(CC(=O)[C@@H]1Cc2ccc(OCCNC(=O)OC(C)(C)C)c(c2)-c2cc(ccc2OCCC)[C@H](N(C)C(=O)[C@H](CCCNC(=O)OC(C)(C)C)CC(=O)c2ccc(-c3ccc(CCCC)cc3)cc2)C(=O)C[C@@H](C)C(=O)N1)C(=O)OCC. The highest BCUT2D eigenvalue weighted by Gasteiger charge is 2.37. The Hall–Kier alpha value is -7.82. The molecular formula is C66H86N4O13. The van der Waals surface area contributed by atoms with Gasteiger partial charge in [-0.1, -0.05) is 94.4 Å².